The van der Waals surface area contributed by atoms with Crippen LogP contribution < -0.4 is 19.5 Å². The largest absolute Gasteiger partial charge is 0.573 e. The number of halogens is 3. The molecule has 0 radical (unpaired) electrons. The minimum absolute atomic E-state index is 0.0637. The molecule has 2 aromatic carbocycles. The first-order valence-corrected chi connectivity index (χ1v) is 12.1. The van der Waals surface area contributed by atoms with Crippen LogP contribution in [0.4, 0.5) is 24.5 Å². The first-order valence-electron chi connectivity index (χ1n) is 10.6. The van der Waals surface area contributed by atoms with Gasteiger partial charge in [0.05, 0.1) is 12.3 Å². The molecule has 35 heavy (non-hydrogen) atoms. The quantitative estimate of drug-likeness (QED) is 0.381. The molecule has 3 N–H and O–H groups in total. The van der Waals surface area contributed by atoms with Gasteiger partial charge in [-0.05, 0) is 43.5 Å². The lowest BCUT2D eigenvalue weighted by Crippen LogP contribution is -2.30. The van der Waals surface area contributed by atoms with Gasteiger partial charge in [-0.1, -0.05) is 18.9 Å². The maximum atomic E-state index is 12.9. The van der Waals surface area contributed by atoms with Crippen LogP contribution in [-0.2, 0) is 19.6 Å². The number of rotatable bonds is 11. The van der Waals surface area contributed by atoms with Crippen LogP contribution in [0.2, 0.25) is 0 Å². The number of ether oxygens (including phenoxy) is 2. The van der Waals surface area contributed by atoms with E-state index >= 15 is 0 Å². The number of nitrogens with one attached hydrogen (secondary N) is 2. The van der Waals surface area contributed by atoms with E-state index < -0.39 is 39.9 Å². The van der Waals surface area contributed by atoms with Crippen LogP contribution in [0.1, 0.15) is 26.2 Å². The van der Waals surface area contributed by atoms with Crippen molar-refractivity contribution in [1.82, 2.24) is 0 Å². The zero-order valence-electron chi connectivity index (χ0n) is 18.5. The van der Waals surface area contributed by atoms with E-state index in [0.29, 0.717) is 0 Å². The summed E-state index contributed by atoms with van der Waals surface area (Å²) in [7, 11) is -4.33. The van der Waals surface area contributed by atoms with Crippen LogP contribution in [0.3, 0.4) is 0 Å². The van der Waals surface area contributed by atoms with E-state index in [1.54, 1.807) is 6.92 Å². The van der Waals surface area contributed by atoms with Gasteiger partial charge in [-0.3, -0.25) is 14.3 Å². The molecule has 9 nitrogen and oxygen atoms in total. The number of hydrogen-bond acceptors (Lipinski definition) is 6. The van der Waals surface area contributed by atoms with Crippen LogP contribution in [0, 0.1) is 11.8 Å². The fourth-order valence-corrected chi connectivity index (χ4v) is 4.46. The topological polar surface area (TPSA) is 131 Å². The summed E-state index contributed by atoms with van der Waals surface area (Å²) in [6.07, 6.45) is -2.99. The minimum atomic E-state index is -4.95. The molecule has 1 aliphatic carbocycles. The Kier molecular flexibility index (Phi) is 7.78. The molecule has 0 aromatic heterocycles. The molecule has 0 aliphatic heterocycles. The highest BCUT2D eigenvalue weighted by Crippen LogP contribution is 2.36. The molecule has 1 saturated carbocycles. The van der Waals surface area contributed by atoms with Crippen LogP contribution in [-0.4, -0.2) is 38.4 Å². The molecule has 0 bridgehead atoms. The monoisotopic (exact) mass is 516 g/mol. The van der Waals surface area contributed by atoms with Gasteiger partial charge >= 0.3 is 12.3 Å². The van der Waals surface area contributed by atoms with Crippen molar-refractivity contribution in [3.05, 3.63) is 42.5 Å². The van der Waals surface area contributed by atoms with Crippen molar-refractivity contribution in [1.29, 1.82) is 0 Å². The highest BCUT2D eigenvalue weighted by molar-refractivity contribution is 7.92. The lowest BCUT2D eigenvalue weighted by molar-refractivity contribution is -0.274. The number of carbonyl (C=O) groups excluding carboxylic acids is 1. The van der Waals surface area contributed by atoms with Gasteiger partial charge in [0.25, 0.3) is 10.0 Å². The second-order valence-corrected chi connectivity index (χ2v) is 9.49. The summed E-state index contributed by atoms with van der Waals surface area (Å²) in [6, 6.07) is 7.93. The van der Waals surface area contributed by atoms with Gasteiger partial charge in [-0.15, -0.1) is 13.2 Å². The average Bonchev–Trinajstić information content (AvgIpc) is 3.55. The summed E-state index contributed by atoms with van der Waals surface area (Å²) >= 11 is 0. The van der Waals surface area contributed by atoms with Crippen LogP contribution >= 0.6 is 0 Å². The van der Waals surface area contributed by atoms with Crippen LogP contribution in [0.15, 0.2) is 47.4 Å². The summed E-state index contributed by atoms with van der Waals surface area (Å²) in [4.78, 5) is 23.6. The number of hydrogen-bond donors (Lipinski definition) is 3. The van der Waals surface area contributed by atoms with Gasteiger partial charge in [-0.25, -0.2) is 8.42 Å². The molecule has 1 fully saturated rings. The van der Waals surface area contributed by atoms with Gasteiger partial charge < -0.3 is 19.9 Å². The van der Waals surface area contributed by atoms with Crippen molar-refractivity contribution in [2.75, 3.05) is 16.6 Å². The molecule has 1 unspecified atom stereocenters. The Morgan fingerprint density at radius 2 is 1.86 bits per heavy atom. The van der Waals surface area contributed by atoms with Crippen LogP contribution in [0.5, 0.6) is 11.5 Å². The molecule has 0 spiro atoms. The zero-order chi connectivity index (χ0) is 25.8. The predicted molar refractivity (Wildman–Crippen MR) is 119 cm³/mol. The molecule has 0 saturated heterocycles. The van der Waals surface area contributed by atoms with E-state index in [9.17, 15) is 36.3 Å². The van der Waals surface area contributed by atoms with E-state index in [-0.39, 0.29) is 41.0 Å². The Hall–Kier alpha value is -3.48. The van der Waals surface area contributed by atoms with E-state index in [0.717, 1.165) is 31.0 Å². The Morgan fingerprint density at radius 1 is 1.14 bits per heavy atom. The summed E-state index contributed by atoms with van der Waals surface area (Å²) in [5.41, 5.74) is -0.0593. The Bertz CT molecular complexity index is 1200. The van der Waals surface area contributed by atoms with Crippen molar-refractivity contribution >= 4 is 33.3 Å². The maximum absolute atomic E-state index is 12.9. The van der Waals surface area contributed by atoms with Gasteiger partial charge in [0.1, 0.15) is 22.3 Å². The predicted octanol–water partition coefficient (Wildman–Crippen LogP) is 4.22. The normalized spacial score (nSPS) is 14.6. The standard InChI is InChI=1S/C22H23F3N2O7S/c1-2-33-18-12-14(26-20(28)17(21(29)30)10-13-6-7-13)8-9-19(18)35(31,32)27-15-4-3-5-16(11-15)34-22(23,24)25/h3-5,8-9,11-13,17,27H,2,6-7,10H2,1H3,(H,26,28)(H,29,30). The summed E-state index contributed by atoms with van der Waals surface area (Å²) < 4.78 is 74.6. The van der Waals surface area contributed by atoms with Crippen molar-refractivity contribution in [3.63, 3.8) is 0 Å². The highest BCUT2D eigenvalue weighted by Gasteiger charge is 2.34. The lowest BCUT2D eigenvalue weighted by atomic mass is 10.0. The SMILES string of the molecule is CCOc1cc(NC(=O)C(CC2CC2)C(=O)O)ccc1S(=O)(=O)Nc1cccc(OC(F)(F)F)c1. The number of amides is 1. The number of sulfonamides is 1. The van der Waals surface area contributed by atoms with Crippen molar-refractivity contribution in [3.8, 4) is 11.5 Å². The van der Waals surface area contributed by atoms with Crippen molar-refractivity contribution in [2.45, 2.75) is 37.4 Å². The summed E-state index contributed by atoms with van der Waals surface area (Å²) in [6.45, 7) is 1.66. The number of alkyl halides is 3. The van der Waals surface area contributed by atoms with E-state index in [1.165, 1.54) is 24.3 Å². The molecule has 1 amide bonds. The summed E-state index contributed by atoms with van der Waals surface area (Å²) in [5, 5.41) is 11.8. The molecule has 1 aliphatic rings. The molecular weight excluding hydrogens is 493 g/mol. The Labute approximate surface area is 199 Å². The number of carboxylic acids is 1. The lowest BCUT2D eigenvalue weighted by Gasteiger charge is -2.16. The molecule has 1 atom stereocenters. The second kappa shape index (κ2) is 10.4. The first-order chi connectivity index (χ1) is 16.4. The van der Waals surface area contributed by atoms with Gasteiger partial charge in [0, 0.05) is 17.8 Å². The van der Waals surface area contributed by atoms with Gasteiger partial charge in [-0.2, -0.15) is 0 Å². The molecular formula is C22H23F3N2O7S. The smallest absolute Gasteiger partial charge is 0.492 e. The minimum Gasteiger partial charge on any atom is -0.492 e. The first kappa shape index (κ1) is 26.1. The second-order valence-electron chi connectivity index (χ2n) is 7.83. The molecule has 190 valence electrons. The zero-order valence-corrected chi connectivity index (χ0v) is 19.3. The third-order valence-corrected chi connectivity index (χ3v) is 6.42. The van der Waals surface area contributed by atoms with E-state index in [2.05, 4.69) is 14.8 Å². The maximum Gasteiger partial charge on any atom is 0.573 e. The van der Waals surface area contributed by atoms with E-state index in [4.69, 9.17) is 4.74 Å². The number of carbonyl (C=O) groups is 2. The number of carboxylic acid groups (broad SMARTS) is 1. The average molecular weight is 516 g/mol. The Morgan fingerprint density at radius 3 is 2.46 bits per heavy atom. The number of aliphatic carboxylic acids is 1. The summed E-state index contributed by atoms with van der Waals surface area (Å²) in [5.74, 6) is -3.79. The third kappa shape index (κ3) is 7.50. The van der Waals surface area contributed by atoms with Crippen molar-refractivity contribution in [2.24, 2.45) is 11.8 Å². The molecule has 3 rings (SSSR count). The van der Waals surface area contributed by atoms with Crippen LogP contribution in [0.25, 0.3) is 0 Å². The third-order valence-electron chi connectivity index (χ3n) is 5.00. The fourth-order valence-electron chi connectivity index (χ4n) is 3.28. The Balaban J connectivity index is 1.81. The number of benzene rings is 2. The van der Waals surface area contributed by atoms with E-state index in [1.807, 2.05) is 0 Å². The number of anilines is 2. The molecule has 2 aromatic rings. The molecule has 13 heteroatoms. The van der Waals surface area contributed by atoms with Crippen molar-refractivity contribution < 1.29 is 45.8 Å². The fraction of sp³-hybridized carbons (Fsp3) is 0.364. The van der Waals surface area contributed by atoms with Gasteiger partial charge in [0.15, 0.2) is 0 Å². The van der Waals surface area contributed by atoms with Gasteiger partial charge in [0.2, 0.25) is 5.91 Å². The highest BCUT2D eigenvalue weighted by atomic mass is 32.2. The molecule has 0 heterocycles.